The minimum Gasteiger partial charge on any atom is -0.354 e. The average Bonchev–Trinajstić information content (AvgIpc) is 3.09. The molecule has 2 aromatic rings. The van der Waals surface area contributed by atoms with Gasteiger partial charge in [0.25, 0.3) is 5.91 Å². The Morgan fingerprint density at radius 1 is 1.43 bits per heavy atom. The number of nitrogens with one attached hydrogen (secondary N) is 3. The number of H-pyrrole nitrogens is 1. The predicted octanol–water partition coefficient (Wildman–Crippen LogP) is 0.280. The summed E-state index contributed by atoms with van der Waals surface area (Å²) >= 11 is 0. The Balaban J connectivity index is 1.65. The number of rotatable bonds is 4. The summed E-state index contributed by atoms with van der Waals surface area (Å²) in [6.07, 6.45) is 1.51. The number of piperidine rings is 1. The van der Waals surface area contributed by atoms with Crippen LogP contribution in [0, 0.1) is 13.8 Å². The monoisotopic (exact) mass is 316 g/mol. The lowest BCUT2D eigenvalue weighted by Crippen LogP contribution is -2.50. The van der Waals surface area contributed by atoms with E-state index in [0.717, 1.165) is 23.5 Å². The van der Waals surface area contributed by atoms with Gasteiger partial charge < -0.3 is 10.6 Å². The number of amides is 2. The van der Waals surface area contributed by atoms with Crippen molar-refractivity contribution >= 4 is 11.8 Å². The lowest BCUT2D eigenvalue weighted by atomic mass is 10.1. The summed E-state index contributed by atoms with van der Waals surface area (Å²) in [5.74, 6) is -0.481. The molecule has 1 unspecified atom stereocenters. The topological polar surface area (TPSA) is 105 Å². The smallest absolute Gasteiger partial charge is 0.272 e. The van der Waals surface area contributed by atoms with Gasteiger partial charge in [-0.25, -0.2) is 0 Å². The molecule has 8 heteroatoms. The number of nitrogens with zero attached hydrogens (tertiary/aromatic N) is 3. The van der Waals surface area contributed by atoms with Crippen molar-refractivity contribution in [3.05, 3.63) is 34.9 Å². The van der Waals surface area contributed by atoms with Gasteiger partial charge in [-0.1, -0.05) is 0 Å². The van der Waals surface area contributed by atoms with Crippen LogP contribution in [0.3, 0.4) is 0 Å². The van der Waals surface area contributed by atoms with Gasteiger partial charge in [-0.05, 0) is 38.8 Å². The van der Waals surface area contributed by atoms with Gasteiger partial charge in [0.05, 0.1) is 17.9 Å². The highest BCUT2D eigenvalue weighted by molar-refractivity contribution is 5.96. The van der Waals surface area contributed by atoms with Crippen molar-refractivity contribution in [2.24, 2.45) is 0 Å². The van der Waals surface area contributed by atoms with Crippen LogP contribution in [-0.2, 0) is 11.3 Å². The number of aromatic nitrogens is 4. The maximum absolute atomic E-state index is 12.2. The van der Waals surface area contributed by atoms with E-state index in [1.807, 2.05) is 24.6 Å². The Hall–Kier alpha value is -2.64. The number of hydrogen-bond acceptors (Lipinski definition) is 4. The van der Waals surface area contributed by atoms with E-state index in [-0.39, 0.29) is 17.5 Å². The SMILES string of the molecule is Cc1cc(C)n(Cc2cc(C(=O)NC3CCCNC3=O)n[nH]2)n1. The molecule has 23 heavy (non-hydrogen) atoms. The van der Waals surface area contributed by atoms with Crippen LogP contribution in [0.1, 0.15) is 40.4 Å². The molecular formula is C15H20N6O2. The summed E-state index contributed by atoms with van der Waals surface area (Å²) in [5.41, 5.74) is 3.06. The second-order valence-electron chi connectivity index (χ2n) is 5.82. The van der Waals surface area contributed by atoms with Crippen molar-refractivity contribution in [1.29, 1.82) is 0 Å². The van der Waals surface area contributed by atoms with Gasteiger partial charge in [0.1, 0.15) is 11.7 Å². The van der Waals surface area contributed by atoms with E-state index in [0.29, 0.717) is 19.5 Å². The fourth-order valence-corrected chi connectivity index (χ4v) is 2.70. The summed E-state index contributed by atoms with van der Waals surface area (Å²) in [7, 11) is 0. The highest BCUT2D eigenvalue weighted by Gasteiger charge is 2.24. The van der Waals surface area contributed by atoms with E-state index in [2.05, 4.69) is 25.9 Å². The second-order valence-corrected chi connectivity index (χ2v) is 5.82. The minimum absolute atomic E-state index is 0.136. The number of carbonyl (C=O) groups is 2. The maximum Gasteiger partial charge on any atom is 0.272 e. The zero-order valence-electron chi connectivity index (χ0n) is 13.2. The standard InChI is InChI=1S/C15H20N6O2/c1-9-6-10(2)21(20-9)8-11-7-13(19-18-11)15(23)17-12-4-3-5-16-14(12)22/h6-7,12H,3-5,8H2,1-2H3,(H,16,22)(H,17,23)(H,18,19). The number of aryl methyl sites for hydroxylation is 2. The highest BCUT2D eigenvalue weighted by atomic mass is 16.2. The molecule has 0 aromatic carbocycles. The molecule has 1 aliphatic rings. The molecule has 0 bridgehead atoms. The molecule has 0 radical (unpaired) electrons. The molecule has 1 fully saturated rings. The normalized spacial score (nSPS) is 17.8. The van der Waals surface area contributed by atoms with Gasteiger partial charge >= 0.3 is 0 Å². The largest absolute Gasteiger partial charge is 0.354 e. The number of carbonyl (C=O) groups excluding carboxylic acids is 2. The van der Waals surface area contributed by atoms with Crippen molar-refractivity contribution in [1.82, 2.24) is 30.6 Å². The molecular weight excluding hydrogens is 296 g/mol. The molecule has 2 aromatic heterocycles. The molecule has 0 saturated carbocycles. The lowest BCUT2D eigenvalue weighted by Gasteiger charge is -2.22. The third-order valence-electron chi connectivity index (χ3n) is 3.88. The third-order valence-corrected chi connectivity index (χ3v) is 3.88. The number of hydrogen-bond donors (Lipinski definition) is 3. The summed E-state index contributed by atoms with van der Waals surface area (Å²) < 4.78 is 1.85. The fourth-order valence-electron chi connectivity index (χ4n) is 2.70. The van der Waals surface area contributed by atoms with Crippen molar-refractivity contribution in [2.75, 3.05) is 6.54 Å². The van der Waals surface area contributed by atoms with Gasteiger partial charge in [-0.3, -0.25) is 19.4 Å². The molecule has 3 heterocycles. The van der Waals surface area contributed by atoms with E-state index in [9.17, 15) is 9.59 Å². The van der Waals surface area contributed by atoms with Crippen LogP contribution in [0.5, 0.6) is 0 Å². The zero-order chi connectivity index (χ0) is 16.4. The van der Waals surface area contributed by atoms with Gasteiger partial charge in [0, 0.05) is 12.2 Å². The zero-order valence-corrected chi connectivity index (χ0v) is 13.2. The molecule has 1 aliphatic heterocycles. The Bertz CT molecular complexity index is 732. The Morgan fingerprint density at radius 3 is 2.96 bits per heavy atom. The molecule has 3 N–H and O–H groups in total. The van der Waals surface area contributed by atoms with Gasteiger partial charge in [0.15, 0.2) is 0 Å². The summed E-state index contributed by atoms with van der Waals surface area (Å²) in [6, 6.07) is 3.20. The Morgan fingerprint density at radius 2 is 2.26 bits per heavy atom. The molecule has 0 spiro atoms. The van der Waals surface area contributed by atoms with E-state index in [1.165, 1.54) is 0 Å². The molecule has 1 saturated heterocycles. The van der Waals surface area contributed by atoms with Crippen LogP contribution in [0.4, 0.5) is 0 Å². The molecule has 2 amide bonds. The number of aromatic amines is 1. The molecule has 1 atom stereocenters. The molecule has 0 aliphatic carbocycles. The Kier molecular flexibility index (Phi) is 4.14. The first-order chi connectivity index (χ1) is 11.0. The first-order valence-electron chi connectivity index (χ1n) is 7.67. The maximum atomic E-state index is 12.2. The van der Waals surface area contributed by atoms with Crippen molar-refractivity contribution in [2.45, 2.75) is 39.3 Å². The predicted molar refractivity (Wildman–Crippen MR) is 82.9 cm³/mol. The van der Waals surface area contributed by atoms with Crippen molar-refractivity contribution < 1.29 is 9.59 Å². The summed E-state index contributed by atoms with van der Waals surface area (Å²) in [4.78, 5) is 23.9. The third kappa shape index (κ3) is 3.41. The van der Waals surface area contributed by atoms with Crippen LogP contribution in [0.15, 0.2) is 12.1 Å². The van der Waals surface area contributed by atoms with Gasteiger partial charge in [-0.2, -0.15) is 10.2 Å². The fraction of sp³-hybridized carbons (Fsp3) is 0.467. The van der Waals surface area contributed by atoms with E-state index in [1.54, 1.807) is 6.07 Å². The van der Waals surface area contributed by atoms with Crippen LogP contribution < -0.4 is 10.6 Å². The quantitative estimate of drug-likeness (QED) is 0.753. The van der Waals surface area contributed by atoms with Crippen LogP contribution in [0.25, 0.3) is 0 Å². The van der Waals surface area contributed by atoms with Gasteiger partial charge in [-0.15, -0.1) is 0 Å². The first kappa shape index (κ1) is 15.3. The van der Waals surface area contributed by atoms with E-state index < -0.39 is 6.04 Å². The van der Waals surface area contributed by atoms with E-state index >= 15 is 0 Å². The molecule has 122 valence electrons. The van der Waals surface area contributed by atoms with Crippen LogP contribution in [0.2, 0.25) is 0 Å². The van der Waals surface area contributed by atoms with Crippen LogP contribution >= 0.6 is 0 Å². The minimum atomic E-state index is -0.479. The Labute approximate surface area is 133 Å². The molecule has 8 nitrogen and oxygen atoms in total. The van der Waals surface area contributed by atoms with Crippen molar-refractivity contribution in [3.63, 3.8) is 0 Å². The highest BCUT2D eigenvalue weighted by Crippen LogP contribution is 2.08. The van der Waals surface area contributed by atoms with Gasteiger partial charge in [0.2, 0.25) is 5.91 Å². The van der Waals surface area contributed by atoms with E-state index in [4.69, 9.17) is 0 Å². The molecule has 3 rings (SSSR count). The van der Waals surface area contributed by atoms with Crippen molar-refractivity contribution in [3.8, 4) is 0 Å². The second kappa shape index (κ2) is 6.23. The van der Waals surface area contributed by atoms with Crippen LogP contribution in [-0.4, -0.2) is 44.4 Å². The lowest BCUT2D eigenvalue weighted by molar-refractivity contribution is -0.124. The average molecular weight is 316 g/mol. The summed E-state index contributed by atoms with van der Waals surface area (Å²) in [5, 5.41) is 16.7. The first-order valence-corrected chi connectivity index (χ1v) is 7.67. The summed E-state index contributed by atoms with van der Waals surface area (Å²) in [6.45, 7) is 5.10.